The summed E-state index contributed by atoms with van der Waals surface area (Å²) in [7, 11) is -3.75. The summed E-state index contributed by atoms with van der Waals surface area (Å²) in [4.78, 5) is 15.4. The van der Waals surface area contributed by atoms with Crippen LogP contribution in [0.4, 0.5) is 0 Å². The van der Waals surface area contributed by atoms with Gasteiger partial charge in [-0.25, -0.2) is 13.1 Å². The van der Waals surface area contributed by atoms with Gasteiger partial charge in [0, 0.05) is 36.7 Å². The molecule has 6 nitrogen and oxygen atoms in total. The molecule has 1 saturated carbocycles. The van der Waals surface area contributed by atoms with Crippen molar-refractivity contribution >= 4 is 50.7 Å². The minimum absolute atomic E-state index is 0.00250. The van der Waals surface area contributed by atoms with Crippen molar-refractivity contribution < 1.29 is 13.2 Å². The standard InChI is InChI=1S/C22H24Cl3N3O3S/c23-16-4-2-5-19(10-16)32(30,31)27-17-9-15(11-26-12-17)22(29)28(18-7-8-18)13-14-3-1-6-20(24)21(14)25/h1-6,10,15,17-18,26-27H,7-9,11-13H2. The van der Waals surface area contributed by atoms with Crippen LogP contribution in [0.25, 0.3) is 0 Å². The van der Waals surface area contributed by atoms with Crippen LogP contribution in [0.5, 0.6) is 0 Å². The normalized spacial score (nSPS) is 21.3. The van der Waals surface area contributed by atoms with Gasteiger partial charge in [0.2, 0.25) is 15.9 Å². The van der Waals surface area contributed by atoms with Crippen LogP contribution >= 0.6 is 34.8 Å². The molecule has 1 saturated heterocycles. The number of hydrogen-bond donors (Lipinski definition) is 2. The van der Waals surface area contributed by atoms with E-state index in [4.69, 9.17) is 34.8 Å². The lowest BCUT2D eigenvalue weighted by molar-refractivity contribution is -0.137. The Morgan fingerprint density at radius 1 is 1.09 bits per heavy atom. The van der Waals surface area contributed by atoms with Gasteiger partial charge in [0.1, 0.15) is 0 Å². The predicted molar refractivity (Wildman–Crippen MR) is 127 cm³/mol. The second-order valence-corrected chi connectivity index (χ2v) is 11.2. The minimum Gasteiger partial charge on any atom is -0.335 e. The lowest BCUT2D eigenvalue weighted by Crippen LogP contribution is -2.53. The van der Waals surface area contributed by atoms with Crippen molar-refractivity contribution in [1.29, 1.82) is 0 Å². The van der Waals surface area contributed by atoms with Crippen molar-refractivity contribution in [3.05, 3.63) is 63.1 Å². The van der Waals surface area contributed by atoms with E-state index in [1.807, 2.05) is 17.0 Å². The van der Waals surface area contributed by atoms with Gasteiger partial charge in [0.25, 0.3) is 0 Å². The average Bonchev–Trinajstić information content (AvgIpc) is 3.59. The Morgan fingerprint density at radius 2 is 1.84 bits per heavy atom. The number of sulfonamides is 1. The molecule has 2 aromatic carbocycles. The molecule has 0 aromatic heterocycles. The molecule has 2 unspecified atom stereocenters. The Labute approximate surface area is 203 Å². The molecule has 1 aliphatic carbocycles. The first-order valence-corrected chi connectivity index (χ1v) is 13.1. The molecule has 2 N–H and O–H groups in total. The molecule has 1 aliphatic heterocycles. The number of piperidine rings is 1. The van der Waals surface area contributed by atoms with Gasteiger partial charge >= 0.3 is 0 Å². The van der Waals surface area contributed by atoms with Crippen molar-refractivity contribution in [2.24, 2.45) is 5.92 Å². The topological polar surface area (TPSA) is 78.5 Å². The van der Waals surface area contributed by atoms with Crippen LogP contribution in [-0.4, -0.2) is 44.4 Å². The van der Waals surface area contributed by atoms with Crippen LogP contribution in [0.1, 0.15) is 24.8 Å². The third kappa shape index (κ3) is 5.58. The Kier molecular flexibility index (Phi) is 7.34. The molecule has 1 heterocycles. The van der Waals surface area contributed by atoms with Gasteiger partial charge in [0.05, 0.1) is 20.9 Å². The maximum absolute atomic E-state index is 13.4. The summed E-state index contributed by atoms with van der Waals surface area (Å²) in [6, 6.07) is 11.3. The second-order valence-electron chi connectivity index (χ2n) is 8.28. The summed E-state index contributed by atoms with van der Waals surface area (Å²) in [5.41, 5.74) is 0.807. The van der Waals surface area contributed by atoms with Gasteiger partial charge < -0.3 is 10.2 Å². The van der Waals surface area contributed by atoms with Crippen molar-refractivity contribution in [1.82, 2.24) is 14.9 Å². The quantitative estimate of drug-likeness (QED) is 0.581. The van der Waals surface area contributed by atoms with Gasteiger partial charge in [-0.3, -0.25) is 4.79 Å². The van der Waals surface area contributed by atoms with E-state index in [1.165, 1.54) is 12.1 Å². The summed E-state index contributed by atoms with van der Waals surface area (Å²) in [6.45, 7) is 1.34. The number of carbonyl (C=O) groups excluding carboxylic acids is 1. The number of nitrogens with zero attached hydrogens (tertiary/aromatic N) is 1. The molecular weight excluding hydrogens is 493 g/mol. The number of halogens is 3. The van der Waals surface area contributed by atoms with Gasteiger partial charge in [-0.15, -0.1) is 0 Å². The number of amides is 1. The van der Waals surface area contributed by atoms with Gasteiger partial charge in [-0.2, -0.15) is 0 Å². The van der Waals surface area contributed by atoms with Crippen LogP contribution in [0.15, 0.2) is 47.4 Å². The van der Waals surface area contributed by atoms with Crippen LogP contribution in [-0.2, 0) is 21.4 Å². The Morgan fingerprint density at radius 3 is 2.56 bits per heavy atom. The van der Waals surface area contributed by atoms with E-state index in [0.29, 0.717) is 41.1 Å². The fraction of sp³-hybridized carbons (Fsp3) is 0.409. The highest BCUT2D eigenvalue weighted by atomic mass is 35.5. The molecule has 0 radical (unpaired) electrons. The lowest BCUT2D eigenvalue weighted by atomic mass is 9.94. The van der Waals surface area contributed by atoms with E-state index < -0.39 is 16.1 Å². The molecule has 2 aliphatic rings. The molecule has 1 amide bonds. The van der Waals surface area contributed by atoms with E-state index in [9.17, 15) is 13.2 Å². The monoisotopic (exact) mass is 515 g/mol. The summed E-state index contributed by atoms with van der Waals surface area (Å²) in [6.07, 6.45) is 2.32. The third-order valence-corrected chi connectivity index (χ3v) is 8.38. The summed E-state index contributed by atoms with van der Waals surface area (Å²) >= 11 is 18.4. The van der Waals surface area contributed by atoms with Crippen molar-refractivity contribution in [3.8, 4) is 0 Å². The zero-order valence-corrected chi connectivity index (χ0v) is 20.3. The zero-order chi connectivity index (χ0) is 22.9. The molecule has 2 fully saturated rings. The summed E-state index contributed by atoms with van der Waals surface area (Å²) < 4.78 is 28.3. The second kappa shape index (κ2) is 9.87. The smallest absolute Gasteiger partial charge is 0.240 e. The van der Waals surface area contributed by atoms with E-state index >= 15 is 0 Å². The average molecular weight is 517 g/mol. The number of hydrogen-bond acceptors (Lipinski definition) is 4. The zero-order valence-electron chi connectivity index (χ0n) is 17.2. The largest absolute Gasteiger partial charge is 0.335 e. The fourth-order valence-corrected chi connectivity index (χ4v) is 5.93. The highest BCUT2D eigenvalue weighted by Crippen LogP contribution is 2.34. The van der Waals surface area contributed by atoms with E-state index in [0.717, 1.165) is 18.4 Å². The number of rotatable bonds is 7. The fourth-order valence-electron chi connectivity index (χ4n) is 4.00. The van der Waals surface area contributed by atoms with Crippen molar-refractivity contribution in [3.63, 3.8) is 0 Å². The maximum Gasteiger partial charge on any atom is 0.240 e. The lowest BCUT2D eigenvalue weighted by Gasteiger charge is -2.34. The first kappa shape index (κ1) is 23.8. The minimum atomic E-state index is -3.75. The summed E-state index contributed by atoms with van der Waals surface area (Å²) in [5.74, 6) is -0.336. The van der Waals surface area contributed by atoms with Crippen LogP contribution < -0.4 is 10.0 Å². The van der Waals surface area contributed by atoms with E-state index in [-0.39, 0.29) is 22.8 Å². The predicted octanol–water partition coefficient (Wildman–Crippen LogP) is 4.09. The Bertz CT molecular complexity index is 1110. The number of benzene rings is 2. The first-order valence-electron chi connectivity index (χ1n) is 10.5. The van der Waals surface area contributed by atoms with Gasteiger partial charge in [-0.05, 0) is 49.1 Å². The molecule has 172 valence electrons. The third-order valence-electron chi connectivity index (χ3n) is 5.77. The van der Waals surface area contributed by atoms with E-state index in [2.05, 4.69) is 10.0 Å². The number of carbonyl (C=O) groups is 1. The highest BCUT2D eigenvalue weighted by molar-refractivity contribution is 7.89. The van der Waals surface area contributed by atoms with E-state index in [1.54, 1.807) is 18.2 Å². The molecule has 32 heavy (non-hydrogen) atoms. The molecule has 10 heteroatoms. The Hall–Kier alpha value is -1.35. The SMILES string of the molecule is O=C(C1CNCC(NS(=O)(=O)c2cccc(Cl)c2)C1)N(Cc1cccc(Cl)c1Cl)C1CC1. The molecule has 2 atom stereocenters. The van der Waals surface area contributed by atoms with Gasteiger partial charge in [0.15, 0.2) is 0 Å². The molecule has 0 bridgehead atoms. The molecular formula is C22H24Cl3N3O3S. The summed E-state index contributed by atoms with van der Waals surface area (Å²) in [5, 5.41) is 4.47. The van der Waals surface area contributed by atoms with Crippen LogP contribution in [0, 0.1) is 5.92 Å². The highest BCUT2D eigenvalue weighted by Gasteiger charge is 2.38. The maximum atomic E-state index is 13.4. The molecule has 4 rings (SSSR count). The molecule has 0 spiro atoms. The van der Waals surface area contributed by atoms with Gasteiger partial charge in [-0.1, -0.05) is 53.0 Å². The van der Waals surface area contributed by atoms with Crippen LogP contribution in [0.2, 0.25) is 15.1 Å². The van der Waals surface area contributed by atoms with Crippen molar-refractivity contribution in [2.75, 3.05) is 13.1 Å². The number of nitrogens with one attached hydrogen (secondary N) is 2. The first-order chi connectivity index (χ1) is 15.2. The molecule has 2 aromatic rings. The van der Waals surface area contributed by atoms with Crippen molar-refractivity contribution in [2.45, 2.75) is 42.8 Å². The Balaban J connectivity index is 1.45. The van der Waals surface area contributed by atoms with Crippen LogP contribution in [0.3, 0.4) is 0 Å².